The predicted octanol–water partition coefficient (Wildman–Crippen LogP) is 3.91. The van der Waals surface area contributed by atoms with Gasteiger partial charge in [-0.25, -0.2) is 0 Å². The summed E-state index contributed by atoms with van der Waals surface area (Å²) < 4.78 is 29.0. The number of hydrogen-bond acceptors (Lipinski definition) is 4. The lowest BCUT2D eigenvalue weighted by molar-refractivity contribution is -0.114. The molecule has 0 saturated heterocycles. The van der Waals surface area contributed by atoms with Crippen LogP contribution < -0.4 is 15.4 Å². The first-order chi connectivity index (χ1) is 12.4. The molecule has 8 heteroatoms. The third-order valence-electron chi connectivity index (χ3n) is 3.15. The topological polar surface area (TPSA) is 67.4 Å². The molecule has 0 aliphatic heterocycles. The summed E-state index contributed by atoms with van der Waals surface area (Å²) in [6, 6.07) is 13.3. The molecule has 0 aliphatic carbocycles. The van der Waals surface area contributed by atoms with Gasteiger partial charge in [-0.15, -0.1) is 11.8 Å². The number of carbonyl (C=O) groups excluding carboxylic acids is 2. The summed E-state index contributed by atoms with van der Waals surface area (Å²) in [5.41, 5.74) is 1.88. The molecule has 0 spiro atoms. The quantitative estimate of drug-likeness (QED) is 0.729. The van der Waals surface area contributed by atoms with E-state index in [0.29, 0.717) is 5.69 Å². The molecule has 0 unspecified atom stereocenters. The van der Waals surface area contributed by atoms with Crippen molar-refractivity contribution < 1.29 is 23.1 Å². The fourth-order valence-corrected chi connectivity index (χ4v) is 2.73. The second kappa shape index (κ2) is 9.76. The van der Waals surface area contributed by atoms with Gasteiger partial charge in [-0.1, -0.05) is 24.3 Å². The molecular weight excluding hydrogens is 362 g/mol. The highest BCUT2D eigenvalue weighted by Gasteiger charge is 2.12. The number of hydrogen-bond donors (Lipinski definition) is 2. The molecule has 5 nitrogen and oxygen atoms in total. The van der Waals surface area contributed by atoms with Gasteiger partial charge in [0.1, 0.15) is 5.75 Å². The number of para-hydroxylation sites is 2. The Labute approximate surface area is 154 Å². The number of ether oxygens (including phenoxy) is 1. The van der Waals surface area contributed by atoms with Gasteiger partial charge in [0, 0.05) is 5.69 Å². The summed E-state index contributed by atoms with van der Waals surface area (Å²) in [6.45, 7) is -1.06. The number of aryl methyl sites for hydroxylation is 1. The first kappa shape index (κ1) is 19.7. The molecule has 26 heavy (non-hydrogen) atoms. The fourth-order valence-electron chi connectivity index (χ4n) is 2.11. The van der Waals surface area contributed by atoms with Crippen LogP contribution in [0, 0.1) is 6.92 Å². The van der Waals surface area contributed by atoms with Crippen molar-refractivity contribution >= 4 is 35.0 Å². The number of thioether (sulfide) groups is 1. The number of halogens is 2. The van der Waals surface area contributed by atoms with Gasteiger partial charge in [0.2, 0.25) is 11.8 Å². The number of nitrogens with one attached hydrogen (secondary N) is 2. The van der Waals surface area contributed by atoms with Gasteiger partial charge in [-0.2, -0.15) is 8.78 Å². The smallest absolute Gasteiger partial charge is 0.387 e. The summed E-state index contributed by atoms with van der Waals surface area (Å²) >= 11 is 1.12. The zero-order valence-electron chi connectivity index (χ0n) is 14.0. The van der Waals surface area contributed by atoms with Gasteiger partial charge in [0.05, 0.1) is 17.2 Å². The fraction of sp³-hybridized carbons (Fsp3) is 0.222. The average molecular weight is 380 g/mol. The molecule has 2 N–H and O–H groups in total. The number of carbonyl (C=O) groups is 2. The third kappa shape index (κ3) is 6.72. The number of anilines is 2. The average Bonchev–Trinajstić information content (AvgIpc) is 2.56. The first-order valence-corrected chi connectivity index (χ1v) is 8.87. The highest BCUT2D eigenvalue weighted by molar-refractivity contribution is 8.00. The van der Waals surface area contributed by atoms with Crippen LogP contribution in [0.25, 0.3) is 0 Å². The van der Waals surface area contributed by atoms with E-state index in [9.17, 15) is 18.4 Å². The molecule has 0 atom stereocenters. The molecule has 2 rings (SSSR count). The molecule has 0 aliphatic rings. The van der Waals surface area contributed by atoms with Crippen molar-refractivity contribution in [1.82, 2.24) is 0 Å². The van der Waals surface area contributed by atoms with Crippen LogP contribution in [-0.2, 0) is 9.59 Å². The lowest BCUT2D eigenvalue weighted by Gasteiger charge is -2.11. The van der Waals surface area contributed by atoms with Crippen LogP contribution in [0.1, 0.15) is 5.56 Å². The van der Waals surface area contributed by atoms with E-state index in [1.165, 1.54) is 18.2 Å². The Hall–Kier alpha value is -2.61. The van der Waals surface area contributed by atoms with Crippen LogP contribution >= 0.6 is 11.8 Å². The maximum atomic E-state index is 12.3. The van der Waals surface area contributed by atoms with E-state index in [1.54, 1.807) is 12.1 Å². The molecule has 0 heterocycles. The highest BCUT2D eigenvalue weighted by Crippen LogP contribution is 2.25. The molecule has 138 valence electrons. The summed E-state index contributed by atoms with van der Waals surface area (Å²) in [4.78, 5) is 23.8. The second-order valence-corrected chi connectivity index (χ2v) is 6.32. The van der Waals surface area contributed by atoms with Crippen LogP contribution in [0.2, 0.25) is 0 Å². The number of rotatable bonds is 8. The van der Waals surface area contributed by atoms with Crippen LogP contribution in [0.4, 0.5) is 20.2 Å². The lowest BCUT2D eigenvalue weighted by atomic mass is 10.2. The van der Waals surface area contributed by atoms with Crippen molar-refractivity contribution in [2.45, 2.75) is 13.5 Å². The van der Waals surface area contributed by atoms with E-state index in [1.807, 2.05) is 25.1 Å². The van der Waals surface area contributed by atoms with E-state index < -0.39 is 12.5 Å². The number of benzene rings is 2. The SMILES string of the molecule is Cc1cccc(NC(=O)CSCC(=O)Nc2ccccc2OC(F)F)c1. The minimum atomic E-state index is -2.98. The van der Waals surface area contributed by atoms with E-state index >= 15 is 0 Å². The van der Waals surface area contributed by atoms with E-state index in [2.05, 4.69) is 15.4 Å². The predicted molar refractivity (Wildman–Crippen MR) is 98.8 cm³/mol. The standard InChI is InChI=1S/C18H18F2N2O3S/c1-12-5-4-6-13(9-12)21-16(23)10-26-11-17(24)22-14-7-2-3-8-15(14)25-18(19)20/h2-9,18H,10-11H2,1H3,(H,21,23)(H,22,24). The molecule has 0 fully saturated rings. The molecule has 0 bridgehead atoms. The van der Waals surface area contributed by atoms with Crippen molar-refractivity contribution in [3.8, 4) is 5.75 Å². The highest BCUT2D eigenvalue weighted by atomic mass is 32.2. The van der Waals surface area contributed by atoms with Crippen LogP contribution in [0.3, 0.4) is 0 Å². The van der Waals surface area contributed by atoms with Gasteiger partial charge >= 0.3 is 6.61 Å². The molecular formula is C18H18F2N2O3S. The van der Waals surface area contributed by atoms with Gasteiger partial charge in [0.25, 0.3) is 0 Å². The van der Waals surface area contributed by atoms with Gasteiger partial charge in [-0.05, 0) is 36.8 Å². The van der Waals surface area contributed by atoms with Crippen molar-refractivity contribution in [3.63, 3.8) is 0 Å². The van der Waals surface area contributed by atoms with Crippen molar-refractivity contribution in [2.24, 2.45) is 0 Å². The van der Waals surface area contributed by atoms with Crippen molar-refractivity contribution in [2.75, 3.05) is 22.1 Å². The summed E-state index contributed by atoms with van der Waals surface area (Å²) in [5, 5.41) is 5.24. The molecule has 0 saturated carbocycles. The minimum absolute atomic E-state index is 0.00422. The van der Waals surface area contributed by atoms with Crippen LogP contribution in [-0.4, -0.2) is 29.9 Å². The summed E-state index contributed by atoms with van der Waals surface area (Å²) in [7, 11) is 0. The Balaban J connectivity index is 1.78. The van der Waals surface area contributed by atoms with Crippen LogP contribution in [0.15, 0.2) is 48.5 Å². The Kier molecular flexibility index (Phi) is 7.40. The summed E-state index contributed by atoms with van der Waals surface area (Å²) in [5.74, 6) is -0.655. The Morgan fingerprint density at radius 1 is 1.04 bits per heavy atom. The number of amides is 2. The minimum Gasteiger partial charge on any atom is -0.433 e. The largest absolute Gasteiger partial charge is 0.433 e. The van der Waals surface area contributed by atoms with Crippen LogP contribution in [0.5, 0.6) is 5.75 Å². The first-order valence-electron chi connectivity index (χ1n) is 7.72. The van der Waals surface area contributed by atoms with Crippen molar-refractivity contribution in [1.29, 1.82) is 0 Å². The Morgan fingerprint density at radius 3 is 2.42 bits per heavy atom. The monoisotopic (exact) mass is 380 g/mol. The lowest BCUT2D eigenvalue weighted by Crippen LogP contribution is -2.19. The molecule has 0 radical (unpaired) electrons. The number of alkyl halides is 2. The Bertz CT molecular complexity index is 772. The molecule has 0 aromatic heterocycles. The molecule has 2 aromatic rings. The third-order valence-corrected chi connectivity index (χ3v) is 4.08. The van der Waals surface area contributed by atoms with E-state index in [4.69, 9.17) is 0 Å². The van der Waals surface area contributed by atoms with Crippen molar-refractivity contribution in [3.05, 3.63) is 54.1 Å². The maximum Gasteiger partial charge on any atom is 0.387 e. The van der Waals surface area contributed by atoms with Gasteiger partial charge < -0.3 is 15.4 Å². The summed E-state index contributed by atoms with van der Waals surface area (Å²) in [6.07, 6.45) is 0. The zero-order chi connectivity index (χ0) is 18.9. The van der Waals surface area contributed by atoms with E-state index in [-0.39, 0.29) is 28.8 Å². The van der Waals surface area contributed by atoms with Gasteiger partial charge in [-0.3, -0.25) is 9.59 Å². The second-order valence-electron chi connectivity index (χ2n) is 5.33. The normalized spacial score (nSPS) is 10.5. The molecule has 2 aromatic carbocycles. The maximum absolute atomic E-state index is 12.3. The molecule has 2 amide bonds. The zero-order valence-corrected chi connectivity index (χ0v) is 14.8. The Morgan fingerprint density at radius 2 is 1.73 bits per heavy atom. The van der Waals surface area contributed by atoms with Gasteiger partial charge in [0.15, 0.2) is 0 Å². The van der Waals surface area contributed by atoms with E-state index in [0.717, 1.165) is 17.3 Å².